The number of amides is 1. The number of halogens is 1. The maximum absolute atomic E-state index is 13.2. The van der Waals surface area contributed by atoms with E-state index in [4.69, 9.17) is 4.74 Å². The highest BCUT2D eigenvalue weighted by Crippen LogP contribution is 2.31. The molecule has 1 saturated carbocycles. The first kappa shape index (κ1) is 24.7. The van der Waals surface area contributed by atoms with E-state index in [1.54, 1.807) is 25.4 Å². The van der Waals surface area contributed by atoms with E-state index in [1.807, 2.05) is 24.1 Å². The summed E-state index contributed by atoms with van der Waals surface area (Å²) < 4.78 is 5.55. The fourth-order valence-corrected chi connectivity index (χ4v) is 5.50. The number of carbonyl (C=O) groups is 1. The lowest BCUT2D eigenvalue weighted by atomic mass is 9.82. The lowest BCUT2D eigenvalue weighted by molar-refractivity contribution is 0.0601. The molecule has 0 bridgehead atoms. The molecule has 1 aromatic heterocycles. The quantitative estimate of drug-likeness (QED) is 0.494. The van der Waals surface area contributed by atoms with Crippen LogP contribution in [0.4, 0.5) is 17.5 Å². The predicted octanol–water partition coefficient (Wildman–Crippen LogP) is 4.23. The number of carbonyl (C=O) groups excluding carboxylic acids is 1. The number of methoxy groups -OCH3 is 1. The van der Waals surface area contributed by atoms with E-state index < -0.39 is 0 Å². The van der Waals surface area contributed by atoms with E-state index in [9.17, 15) is 4.79 Å². The van der Waals surface area contributed by atoms with Crippen molar-refractivity contribution in [1.82, 2.24) is 19.8 Å². The van der Waals surface area contributed by atoms with Crippen molar-refractivity contribution >= 4 is 39.3 Å². The van der Waals surface area contributed by atoms with Gasteiger partial charge in [-0.2, -0.15) is 4.98 Å². The minimum absolute atomic E-state index is 0.0516. The molecule has 1 amide bonds. The average molecular weight is 531 g/mol. The zero-order valence-corrected chi connectivity index (χ0v) is 21.7. The minimum Gasteiger partial charge on any atom is -0.495 e. The van der Waals surface area contributed by atoms with Gasteiger partial charge in [0.1, 0.15) is 11.6 Å². The Balaban J connectivity index is 1.32. The van der Waals surface area contributed by atoms with Crippen molar-refractivity contribution in [3.8, 4) is 5.75 Å². The van der Waals surface area contributed by atoms with Gasteiger partial charge in [-0.1, -0.05) is 15.9 Å². The Hall–Kier alpha value is -2.39. The van der Waals surface area contributed by atoms with Crippen molar-refractivity contribution in [2.75, 3.05) is 62.8 Å². The Labute approximate surface area is 210 Å². The summed E-state index contributed by atoms with van der Waals surface area (Å²) in [6, 6.07) is 7.27. The van der Waals surface area contributed by atoms with E-state index in [1.165, 1.54) is 32.2 Å². The van der Waals surface area contributed by atoms with Crippen LogP contribution in [-0.4, -0.2) is 77.9 Å². The number of hydrogen-bond acceptors (Lipinski definition) is 7. The number of benzene rings is 1. The summed E-state index contributed by atoms with van der Waals surface area (Å²) >= 11 is 3.63. The van der Waals surface area contributed by atoms with Crippen molar-refractivity contribution in [1.29, 1.82) is 0 Å². The molecule has 2 fully saturated rings. The van der Waals surface area contributed by atoms with E-state index in [0.717, 1.165) is 43.3 Å². The number of piperazine rings is 1. The fraction of sp³-hybridized carbons (Fsp3) is 0.560. The smallest absolute Gasteiger partial charge is 0.254 e. The molecule has 1 aliphatic heterocycles. The average Bonchev–Trinajstić information content (AvgIpc) is 2.89. The molecule has 1 saturated heterocycles. The molecule has 2 aliphatic rings. The first-order valence-electron chi connectivity index (χ1n) is 12.1. The van der Waals surface area contributed by atoms with E-state index in [0.29, 0.717) is 28.8 Å². The summed E-state index contributed by atoms with van der Waals surface area (Å²) in [4.78, 5) is 26.3. The number of nitrogens with zero attached hydrogens (tertiary/aromatic N) is 4. The molecule has 34 heavy (non-hydrogen) atoms. The zero-order valence-electron chi connectivity index (χ0n) is 20.1. The zero-order chi connectivity index (χ0) is 23.9. The molecule has 2 heterocycles. The number of alkyl halides is 1. The van der Waals surface area contributed by atoms with Gasteiger partial charge in [0.2, 0.25) is 5.95 Å². The van der Waals surface area contributed by atoms with Gasteiger partial charge in [0.25, 0.3) is 5.91 Å². The molecule has 1 aromatic carbocycles. The molecule has 2 N–H and O–H groups in total. The van der Waals surface area contributed by atoms with Crippen LogP contribution in [-0.2, 0) is 0 Å². The van der Waals surface area contributed by atoms with E-state index in [-0.39, 0.29) is 5.91 Å². The normalized spacial score (nSPS) is 21.2. The van der Waals surface area contributed by atoms with Gasteiger partial charge in [0, 0.05) is 56.9 Å². The molecule has 0 unspecified atom stereocenters. The lowest BCUT2D eigenvalue weighted by Gasteiger charge is -2.38. The van der Waals surface area contributed by atoms with E-state index in [2.05, 4.69) is 41.4 Å². The third kappa shape index (κ3) is 6.18. The SMILES string of the molecule is CNc1ccnc(Nc2ccc(C(=O)N3CCN(C[C@H]4CC[C@@H](CBr)CC4)CC3)cc2OC)n1. The van der Waals surface area contributed by atoms with Crippen LogP contribution < -0.4 is 15.4 Å². The third-order valence-electron chi connectivity index (χ3n) is 6.97. The van der Waals surface area contributed by atoms with Gasteiger partial charge < -0.3 is 20.3 Å². The molecule has 2 aromatic rings. The highest BCUT2D eigenvalue weighted by molar-refractivity contribution is 9.09. The molecular formula is C25H35BrN6O2. The molecule has 1 aliphatic carbocycles. The van der Waals surface area contributed by atoms with Gasteiger partial charge in [-0.25, -0.2) is 4.98 Å². The van der Waals surface area contributed by atoms with Crippen molar-refractivity contribution in [2.45, 2.75) is 25.7 Å². The monoisotopic (exact) mass is 530 g/mol. The number of anilines is 3. The van der Waals surface area contributed by atoms with Crippen LogP contribution in [0, 0.1) is 11.8 Å². The highest BCUT2D eigenvalue weighted by atomic mass is 79.9. The van der Waals surface area contributed by atoms with Gasteiger partial charge >= 0.3 is 0 Å². The second kappa shape index (κ2) is 11.8. The van der Waals surface area contributed by atoms with Gasteiger partial charge in [-0.3, -0.25) is 9.69 Å². The van der Waals surface area contributed by atoms with Gasteiger partial charge in [-0.05, 0) is 61.8 Å². The van der Waals surface area contributed by atoms with Crippen LogP contribution >= 0.6 is 15.9 Å². The van der Waals surface area contributed by atoms with Gasteiger partial charge in [0.15, 0.2) is 0 Å². The predicted molar refractivity (Wildman–Crippen MR) is 139 cm³/mol. The highest BCUT2D eigenvalue weighted by Gasteiger charge is 2.26. The summed E-state index contributed by atoms with van der Waals surface area (Å²) in [6.45, 7) is 4.59. The molecule has 0 atom stereocenters. The van der Waals surface area contributed by atoms with Crippen LogP contribution in [0.2, 0.25) is 0 Å². The summed E-state index contributed by atoms with van der Waals surface area (Å²) in [6.07, 6.45) is 7.03. The van der Waals surface area contributed by atoms with Crippen LogP contribution in [0.5, 0.6) is 5.75 Å². The molecule has 184 valence electrons. The summed E-state index contributed by atoms with van der Waals surface area (Å²) in [5, 5.41) is 7.31. The molecule has 4 rings (SSSR count). The Morgan fingerprint density at radius 3 is 2.53 bits per heavy atom. The molecular weight excluding hydrogens is 496 g/mol. The van der Waals surface area contributed by atoms with Crippen molar-refractivity contribution in [3.63, 3.8) is 0 Å². The second-order valence-electron chi connectivity index (χ2n) is 9.19. The molecule has 8 nitrogen and oxygen atoms in total. The maximum atomic E-state index is 13.2. The van der Waals surface area contributed by atoms with Crippen molar-refractivity contribution in [2.24, 2.45) is 11.8 Å². The number of rotatable bonds is 8. The molecule has 9 heteroatoms. The number of ether oxygens (including phenoxy) is 1. The Morgan fingerprint density at radius 1 is 1.12 bits per heavy atom. The van der Waals surface area contributed by atoms with Gasteiger partial charge in [0.05, 0.1) is 12.8 Å². The fourth-order valence-electron chi connectivity index (χ4n) is 4.86. The van der Waals surface area contributed by atoms with Crippen molar-refractivity contribution in [3.05, 3.63) is 36.0 Å². The van der Waals surface area contributed by atoms with Crippen LogP contribution in [0.15, 0.2) is 30.5 Å². The van der Waals surface area contributed by atoms with Gasteiger partial charge in [-0.15, -0.1) is 0 Å². The molecule has 0 radical (unpaired) electrons. The standard InChI is InChI=1S/C25H35BrN6O2/c1-27-23-9-10-28-25(30-23)29-21-8-7-20(15-22(21)34-2)24(33)32-13-11-31(12-14-32)17-19-5-3-18(16-26)4-6-19/h7-10,15,18-19H,3-6,11-14,16-17H2,1-2H3,(H2,27,28,29,30)/t18-,19+. The van der Waals surface area contributed by atoms with Crippen molar-refractivity contribution < 1.29 is 9.53 Å². The topological polar surface area (TPSA) is 82.6 Å². The van der Waals surface area contributed by atoms with Crippen LogP contribution in [0.1, 0.15) is 36.0 Å². The van der Waals surface area contributed by atoms with Crippen LogP contribution in [0.3, 0.4) is 0 Å². The number of hydrogen-bond donors (Lipinski definition) is 2. The maximum Gasteiger partial charge on any atom is 0.254 e. The Kier molecular flexibility index (Phi) is 8.61. The van der Waals surface area contributed by atoms with Crippen LogP contribution in [0.25, 0.3) is 0 Å². The largest absolute Gasteiger partial charge is 0.495 e. The second-order valence-corrected chi connectivity index (χ2v) is 9.84. The lowest BCUT2D eigenvalue weighted by Crippen LogP contribution is -2.50. The molecule has 0 spiro atoms. The summed E-state index contributed by atoms with van der Waals surface area (Å²) in [7, 11) is 3.41. The number of nitrogens with one attached hydrogen (secondary N) is 2. The first-order valence-corrected chi connectivity index (χ1v) is 13.2. The third-order valence-corrected chi connectivity index (χ3v) is 7.88. The van der Waals surface area contributed by atoms with E-state index >= 15 is 0 Å². The first-order chi connectivity index (χ1) is 16.6. The summed E-state index contributed by atoms with van der Waals surface area (Å²) in [5.74, 6) is 3.47. The minimum atomic E-state index is 0.0516. The Morgan fingerprint density at radius 2 is 1.85 bits per heavy atom. The number of aromatic nitrogens is 2. The Bertz CT molecular complexity index is 958. The summed E-state index contributed by atoms with van der Waals surface area (Å²) in [5.41, 5.74) is 1.35.